The molecule has 1 atom stereocenters. The number of methoxy groups -OCH3 is 1. The van der Waals surface area contributed by atoms with Crippen LogP contribution in [0.3, 0.4) is 0 Å². The lowest BCUT2D eigenvalue weighted by Gasteiger charge is -2.20. The second kappa shape index (κ2) is 7.81. The number of para-hydroxylation sites is 1. The molecule has 0 aliphatic carbocycles. The van der Waals surface area contributed by atoms with Gasteiger partial charge in [-0.1, -0.05) is 18.2 Å². The van der Waals surface area contributed by atoms with Gasteiger partial charge in [0.15, 0.2) is 0 Å². The highest BCUT2D eigenvalue weighted by atomic mass is 19.4. The van der Waals surface area contributed by atoms with Crippen molar-refractivity contribution in [1.82, 2.24) is 9.55 Å². The number of nitrogens with zero attached hydrogens (tertiary/aromatic N) is 2. The van der Waals surface area contributed by atoms with E-state index in [-0.39, 0.29) is 30.7 Å². The number of aromatic nitrogens is 2. The molecular formula is C22H19F3N2O4. The largest absolute Gasteiger partial charge is 0.481 e. The van der Waals surface area contributed by atoms with Crippen LogP contribution in [0.2, 0.25) is 0 Å². The normalized spacial score (nSPS) is 13.8. The van der Waals surface area contributed by atoms with Gasteiger partial charge in [-0.2, -0.15) is 13.2 Å². The lowest BCUT2D eigenvalue weighted by molar-refractivity contribution is -0.157. The number of pyridine rings is 2. The van der Waals surface area contributed by atoms with Crippen molar-refractivity contribution in [1.29, 1.82) is 0 Å². The van der Waals surface area contributed by atoms with Gasteiger partial charge in [0, 0.05) is 30.0 Å². The van der Waals surface area contributed by atoms with Gasteiger partial charge in [0.1, 0.15) is 0 Å². The van der Waals surface area contributed by atoms with Crippen molar-refractivity contribution in [2.24, 2.45) is 0 Å². The standard InChI is InChI=1S/C22H19F3N2O4/c1-31-7-6-14-15(16(21(29)30)10-22(23,24)25)9-18-19-13(11-27(18)20(14)28)8-12-4-2-3-5-17(12)26-19/h2-5,8-9,16H,6-7,10-11H2,1H3,(H,29,30). The van der Waals surface area contributed by atoms with Crippen LogP contribution in [0.1, 0.15) is 29.0 Å². The summed E-state index contributed by atoms with van der Waals surface area (Å²) in [5.74, 6) is -3.53. The van der Waals surface area contributed by atoms with Crippen LogP contribution in [0, 0.1) is 0 Å². The SMILES string of the molecule is COCCc1c(C(CC(F)(F)F)C(=O)O)cc2n(c1=O)Cc1cc3ccccc3nc1-2. The molecule has 9 heteroatoms. The second-order valence-corrected chi connectivity index (χ2v) is 7.50. The van der Waals surface area contributed by atoms with Gasteiger partial charge in [0.05, 0.1) is 42.4 Å². The van der Waals surface area contributed by atoms with E-state index in [0.717, 1.165) is 10.9 Å². The van der Waals surface area contributed by atoms with Gasteiger partial charge in [-0.25, -0.2) is 4.98 Å². The lowest BCUT2D eigenvalue weighted by atomic mass is 9.90. The molecule has 1 aromatic carbocycles. The number of carbonyl (C=O) groups is 1. The van der Waals surface area contributed by atoms with E-state index in [4.69, 9.17) is 4.74 Å². The number of ether oxygens (including phenoxy) is 1. The summed E-state index contributed by atoms with van der Waals surface area (Å²) in [4.78, 5) is 29.6. The van der Waals surface area contributed by atoms with Crippen molar-refractivity contribution < 1.29 is 27.8 Å². The molecule has 1 aliphatic heterocycles. The Morgan fingerprint density at radius 1 is 1.29 bits per heavy atom. The number of hydrogen-bond acceptors (Lipinski definition) is 4. The molecule has 0 bridgehead atoms. The van der Waals surface area contributed by atoms with Crippen molar-refractivity contribution in [3.05, 3.63) is 63.4 Å². The highest BCUT2D eigenvalue weighted by Crippen LogP contribution is 2.37. The molecule has 1 unspecified atom stereocenters. The summed E-state index contributed by atoms with van der Waals surface area (Å²) >= 11 is 0. The van der Waals surface area contributed by atoms with E-state index in [9.17, 15) is 27.9 Å². The van der Waals surface area contributed by atoms with Gasteiger partial charge in [-0.3, -0.25) is 9.59 Å². The third-order valence-corrected chi connectivity index (χ3v) is 5.47. The van der Waals surface area contributed by atoms with Crippen LogP contribution < -0.4 is 5.56 Å². The number of hydrogen-bond donors (Lipinski definition) is 1. The monoisotopic (exact) mass is 432 g/mol. The van der Waals surface area contributed by atoms with Gasteiger partial charge in [-0.15, -0.1) is 0 Å². The van der Waals surface area contributed by atoms with Crippen molar-refractivity contribution >= 4 is 16.9 Å². The molecule has 0 amide bonds. The minimum atomic E-state index is -4.71. The quantitative estimate of drug-likeness (QED) is 0.502. The van der Waals surface area contributed by atoms with Crippen LogP contribution in [-0.4, -0.2) is 40.5 Å². The molecule has 0 fully saturated rings. The van der Waals surface area contributed by atoms with E-state index in [1.165, 1.54) is 17.7 Å². The zero-order chi connectivity index (χ0) is 22.3. The Bertz CT molecular complexity index is 1230. The first-order chi connectivity index (χ1) is 14.7. The van der Waals surface area contributed by atoms with Crippen LogP contribution in [-0.2, 0) is 22.5 Å². The fraction of sp³-hybridized carbons (Fsp3) is 0.318. The molecule has 6 nitrogen and oxygen atoms in total. The van der Waals surface area contributed by atoms with E-state index in [1.807, 2.05) is 24.3 Å². The van der Waals surface area contributed by atoms with Gasteiger partial charge in [0.25, 0.3) is 5.56 Å². The highest BCUT2D eigenvalue weighted by Gasteiger charge is 2.39. The number of benzene rings is 1. The lowest BCUT2D eigenvalue weighted by Crippen LogP contribution is -2.29. The zero-order valence-corrected chi connectivity index (χ0v) is 16.6. The van der Waals surface area contributed by atoms with Crippen molar-refractivity contribution in [2.75, 3.05) is 13.7 Å². The minimum absolute atomic E-state index is 0.0122. The smallest absolute Gasteiger partial charge is 0.390 e. The summed E-state index contributed by atoms with van der Waals surface area (Å²) in [6, 6.07) is 10.6. The predicted octanol–water partition coefficient (Wildman–Crippen LogP) is 3.73. The number of fused-ring (bicyclic) bond motifs is 4. The minimum Gasteiger partial charge on any atom is -0.481 e. The first-order valence-corrected chi connectivity index (χ1v) is 9.63. The van der Waals surface area contributed by atoms with Gasteiger partial charge in [0.2, 0.25) is 0 Å². The Balaban J connectivity index is 1.94. The maximum absolute atomic E-state index is 13.2. The average Bonchev–Trinajstić information content (AvgIpc) is 3.06. The first kappa shape index (κ1) is 21.0. The Morgan fingerprint density at radius 3 is 2.71 bits per heavy atom. The topological polar surface area (TPSA) is 81.4 Å². The Morgan fingerprint density at radius 2 is 2.03 bits per heavy atom. The number of halogens is 3. The van der Waals surface area contributed by atoms with Crippen LogP contribution in [0.25, 0.3) is 22.3 Å². The molecule has 31 heavy (non-hydrogen) atoms. The van der Waals surface area contributed by atoms with E-state index in [1.54, 1.807) is 6.07 Å². The fourth-order valence-corrected chi connectivity index (χ4v) is 4.06. The average molecular weight is 432 g/mol. The molecule has 0 radical (unpaired) electrons. The third kappa shape index (κ3) is 3.93. The van der Waals surface area contributed by atoms with E-state index in [2.05, 4.69) is 4.98 Å². The summed E-state index contributed by atoms with van der Waals surface area (Å²) < 4.78 is 45.9. The number of carboxylic acids is 1. The molecular weight excluding hydrogens is 413 g/mol. The molecule has 162 valence electrons. The van der Waals surface area contributed by atoms with Crippen LogP contribution in [0.4, 0.5) is 13.2 Å². The molecule has 1 N–H and O–H groups in total. The maximum atomic E-state index is 13.2. The molecule has 1 aliphatic rings. The van der Waals surface area contributed by atoms with Gasteiger partial charge >= 0.3 is 12.1 Å². The van der Waals surface area contributed by atoms with Gasteiger partial charge < -0.3 is 14.4 Å². The zero-order valence-electron chi connectivity index (χ0n) is 16.6. The molecule has 2 aromatic heterocycles. The summed E-state index contributed by atoms with van der Waals surface area (Å²) in [5.41, 5.74) is 1.62. The number of carboxylic acid groups (broad SMARTS) is 1. The predicted molar refractivity (Wildman–Crippen MR) is 107 cm³/mol. The fourth-order valence-electron chi connectivity index (χ4n) is 4.06. The van der Waals surface area contributed by atoms with Crippen LogP contribution in [0.5, 0.6) is 0 Å². The molecule has 0 spiro atoms. The summed E-state index contributed by atoms with van der Waals surface area (Å²) in [6.07, 6.45) is -6.26. The van der Waals surface area contributed by atoms with Crippen molar-refractivity contribution in [3.8, 4) is 11.4 Å². The number of rotatable bonds is 6. The summed E-state index contributed by atoms with van der Waals surface area (Å²) in [5, 5.41) is 10.4. The number of aliphatic carboxylic acids is 1. The first-order valence-electron chi connectivity index (χ1n) is 9.63. The van der Waals surface area contributed by atoms with Crippen molar-refractivity contribution in [3.63, 3.8) is 0 Å². The van der Waals surface area contributed by atoms with Crippen molar-refractivity contribution in [2.45, 2.75) is 31.5 Å². The van der Waals surface area contributed by atoms with Crippen LogP contribution >= 0.6 is 0 Å². The third-order valence-electron chi connectivity index (χ3n) is 5.47. The molecule has 3 heterocycles. The Labute approximate surface area is 174 Å². The summed E-state index contributed by atoms with van der Waals surface area (Å²) in [6.45, 7) is 0.299. The van der Waals surface area contributed by atoms with E-state index in [0.29, 0.717) is 16.9 Å². The van der Waals surface area contributed by atoms with Crippen LogP contribution in [0.15, 0.2) is 41.2 Å². The molecule has 4 rings (SSSR count). The molecule has 3 aromatic rings. The Kier molecular flexibility index (Phi) is 5.30. The Hall–Kier alpha value is -3.20. The highest BCUT2D eigenvalue weighted by molar-refractivity contribution is 5.84. The second-order valence-electron chi connectivity index (χ2n) is 7.50. The maximum Gasteiger partial charge on any atom is 0.390 e. The van der Waals surface area contributed by atoms with E-state index < -0.39 is 30.0 Å². The molecule has 0 saturated heterocycles. The summed E-state index contributed by atoms with van der Waals surface area (Å²) in [7, 11) is 1.40. The number of alkyl halides is 3. The van der Waals surface area contributed by atoms with E-state index >= 15 is 0 Å². The molecule has 0 saturated carbocycles. The van der Waals surface area contributed by atoms with Gasteiger partial charge in [-0.05, 0) is 23.8 Å².